The molecule has 26 heteroatoms. The van der Waals surface area contributed by atoms with Crippen LogP contribution in [0.5, 0.6) is 5.75 Å². The van der Waals surface area contributed by atoms with Crippen molar-refractivity contribution in [3.8, 4) is 5.75 Å². The number of aliphatic imine (C=N–C) groups is 1. The number of halogens is 1. The Balaban J connectivity index is 1.15. The molecule has 1 saturated heterocycles. The number of phenols is 1. The van der Waals surface area contributed by atoms with Crippen molar-refractivity contribution in [1.29, 1.82) is 0 Å². The molecule has 0 aliphatic carbocycles. The van der Waals surface area contributed by atoms with Crippen LogP contribution in [-0.4, -0.2) is 154 Å². The van der Waals surface area contributed by atoms with Crippen LogP contribution in [0.1, 0.15) is 82.1 Å². The van der Waals surface area contributed by atoms with Crippen molar-refractivity contribution in [2.24, 2.45) is 28.1 Å². The quantitative estimate of drug-likeness (QED) is 0.0164. The Kier molecular flexibility index (Phi) is 26.4. The molecule has 0 radical (unpaired) electrons. The highest BCUT2D eigenvalue weighted by Crippen LogP contribution is 2.23. The van der Waals surface area contributed by atoms with Gasteiger partial charge in [0.25, 0.3) is 0 Å². The summed E-state index contributed by atoms with van der Waals surface area (Å²) in [7, 11) is 0. The Morgan fingerprint density at radius 3 is 1.43 bits per heavy atom. The van der Waals surface area contributed by atoms with E-state index in [1.165, 1.54) is 43.0 Å². The fourth-order valence-electron chi connectivity index (χ4n) is 11.2. The number of likely N-dealkylation sites (tertiary alicyclic amines) is 1. The average molecular weight is 1320 g/mol. The number of benzene rings is 6. The van der Waals surface area contributed by atoms with Gasteiger partial charge in [0.05, 0.1) is 6.61 Å². The highest BCUT2D eigenvalue weighted by Gasteiger charge is 2.40. The molecule has 95 heavy (non-hydrogen) atoms. The van der Waals surface area contributed by atoms with E-state index in [4.69, 9.17) is 28.8 Å². The van der Waals surface area contributed by atoms with Gasteiger partial charge in [-0.25, -0.2) is 0 Å². The lowest BCUT2D eigenvalue weighted by Crippen LogP contribution is -2.61. The first-order valence-corrected chi connectivity index (χ1v) is 31.9. The standard InChI is InChI=1S/C69H84ClN13O12/c1-39(2)31-53(61(88)77-52(15-9-29-74-69(72)73)68(95)83-30-10-16-59(83)67(94)75-40(3)60(71)87)78-64(91)57(37-45-18-24-47-12-6-8-14-49(47)33-45)80-63(90)55(35-43-21-27-51(86)28-22-43)81-66(93)58(38-84)82-65(92)56(34-42-19-25-50(70)26-20-42)79-62(89)54(76-41(4)85)36-44-17-23-46-11-5-7-13-48(46)32-44/h5-8,11-14,17-28,32-33,39-40,52-59,84,86H,9-10,15-16,29-31,34-38H2,1-4H3,(H2,71,87)(H,75,94)(H,76,85)(H,77,88)(H,78,91)(H,79,89)(H,80,90)(H,81,93)(H,82,92)(H4,72,73,74)/t40-,52+,53+,54-,55+,56-,57-,58+,59+/m1/s1. The number of hydrogen-bond donors (Lipinski definition) is 13. The maximum atomic E-state index is 15.1. The summed E-state index contributed by atoms with van der Waals surface area (Å²) < 4.78 is 0. The number of primary amides is 1. The van der Waals surface area contributed by atoms with Gasteiger partial charge in [-0.05, 0) is 113 Å². The summed E-state index contributed by atoms with van der Waals surface area (Å²) in [5.74, 6) is -8.33. The fraction of sp³-hybridized carbons (Fsp3) is 0.377. The van der Waals surface area contributed by atoms with Gasteiger partial charge in [-0.1, -0.05) is 135 Å². The van der Waals surface area contributed by atoms with E-state index >= 15 is 9.59 Å². The zero-order chi connectivity index (χ0) is 68.9. The number of hydrogen-bond acceptors (Lipinski definition) is 13. The number of aromatic hydroxyl groups is 1. The number of nitrogens with two attached hydrogens (primary N) is 3. The SMILES string of the molecule is CC(=O)N[C@H](Cc1ccc2ccccc2c1)C(=O)N[C@H](Cc1ccc(Cl)cc1)C(=O)N[C@@H](CO)C(=O)N[C@@H](Cc1ccc(O)cc1)C(=O)N[C@H](Cc1ccc2ccccc2c1)C(=O)N[C@@H](CC(C)C)C(=O)N[C@@H](CCCN=C(N)N)C(=O)N1CCC[C@H]1C(=O)N[C@H](C)C(N)=O. The number of phenolic OH excluding ortho intramolecular Hbond substituents is 1. The third kappa shape index (κ3) is 21.7. The maximum Gasteiger partial charge on any atom is 0.245 e. The topological polar surface area (TPSA) is 401 Å². The number of guanidine groups is 1. The summed E-state index contributed by atoms with van der Waals surface area (Å²) in [6, 6.07) is 26.2. The zero-order valence-electron chi connectivity index (χ0n) is 53.4. The van der Waals surface area contributed by atoms with Crippen LogP contribution in [0.2, 0.25) is 5.02 Å². The molecule has 10 amide bonds. The predicted octanol–water partition coefficient (Wildman–Crippen LogP) is 2.11. The second-order valence-corrected chi connectivity index (χ2v) is 24.6. The Morgan fingerprint density at radius 2 is 0.958 bits per heavy atom. The Bertz CT molecular complexity index is 3760. The van der Waals surface area contributed by atoms with Gasteiger partial charge in [-0.15, -0.1) is 0 Å². The molecule has 504 valence electrons. The van der Waals surface area contributed by atoms with Crippen LogP contribution in [0.4, 0.5) is 0 Å². The van der Waals surface area contributed by atoms with Gasteiger partial charge in [0.15, 0.2) is 5.96 Å². The van der Waals surface area contributed by atoms with Crippen molar-refractivity contribution in [3.63, 3.8) is 0 Å². The molecule has 0 unspecified atom stereocenters. The largest absolute Gasteiger partial charge is 0.508 e. The first-order valence-electron chi connectivity index (χ1n) is 31.5. The van der Waals surface area contributed by atoms with Gasteiger partial charge < -0.3 is 74.8 Å². The van der Waals surface area contributed by atoms with E-state index in [1.807, 2.05) is 92.7 Å². The molecule has 0 saturated carbocycles. The van der Waals surface area contributed by atoms with Crippen molar-refractivity contribution in [3.05, 3.63) is 161 Å². The van der Waals surface area contributed by atoms with Crippen LogP contribution in [0.3, 0.4) is 0 Å². The summed E-state index contributed by atoms with van der Waals surface area (Å²) in [4.78, 5) is 146. The van der Waals surface area contributed by atoms with Crippen LogP contribution in [0, 0.1) is 5.92 Å². The van der Waals surface area contributed by atoms with Gasteiger partial charge >= 0.3 is 0 Å². The van der Waals surface area contributed by atoms with Gasteiger partial charge in [-0.3, -0.25) is 52.9 Å². The molecular formula is C69H84ClN13O12. The van der Waals surface area contributed by atoms with E-state index in [9.17, 15) is 48.6 Å². The van der Waals surface area contributed by atoms with Gasteiger partial charge in [0.2, 0.25) is 59.1 Å². The van der Waals surface area contributed by atoms with Gasteiger partial charge in [0.1, 0.15) is 60.1 Å². The molecule has 1 fully saturated rings. The van der Waals surface area contributed by atoms with Crippen molar-refractivity contribution in [2.75, 3.05) is 19.7 Å². The van der Waals surface area contributed by atoms with E-state index in [2.05, 4.69) is 47.5 Å². The molecule has 7 rings (SSSR count). The third-order valence-corrected chi connectivity index (χ3v) is 16.4. The average Bonchev–Trinajstić information content (AvgIpc) is 1.81. The number of carbonyl (C=O) groups is 10. The highest BCUT2D eigenvalue weighted by molar-refractivity contribution is 6.30. The maximum absolute atomic E-state index is 15.1. The predicted molar refractivity (Wildman–Crippen MR) is 359 cm³/mol. The molecular weight excluding hydrogens is 1240 g/mol. The number of nitrogens with one attached hydrogen (secondary N) is 8. The second kappa shape index (κ2) is 34.7. The van der Waals surface area contributed by atoms with E-state index in [1.54, 1.807) is 30.3 Å². The number of carbonyl (C=O) groups excluding carboxylic acids is 10. The van der Waals surface area contributed by atoms with E-state index < -0.39 is 120 Å². The number of nitrogens with zero attached hydrogens (tertiary/aromatic N) is 2. The van der Waals surface area contributed by atoms with E-state index in [-0.39, 0.29) is 82.1 Å². The monoisotopic (exact) mass is 1320 g/mol. The molecule has 0 aromatic heterocycles. The molecule has 0 bridgehead atoms. The van der Waals surface area contributed by atoms with Crippen LogP contribution in [0.15, 0.2) is 138 Å². The number of aliphatic hydroxyl groups excluding tert-OH is 1. The molecule has 1 heterocycles. The molecule has 25 nitrogen and oxygen atoms in total. The smallest absolute Gasteiger partial charge is 0.245 e. The minimum Gasteiger partial charge on any atom is -0.508 e. The first-order chi connectivity index (χ1) is 45.3. The van der Waals surface area contributed by atoms with Gasteiger partial charge in [0, 0.05) is 50.7 Å². The molecule has 1 aliphatic heterocycles. The minimum atomic E-state index is -1.76. The fourth-order valence-corrected chi connectivity index (χ4v) is 11.3. The van der Waals surface area contributed by atoms with E-state index in [0.29, 0.717) is 33.7 Å². The molecule has 9 atom stereocenters. The molecule has 0 spiro atoms. The highest BCUT2D eigenvalue weighted by atomic mass is 35.5. The van der Waals surface area contributed by atoms with Crippen molar-refractivity contribution in [1.82, 2.24) is 47.4 Å². The second-order valence-electron chi connectivity index (χ2n) is 24.2. The lowest BCUT2D eigenvalue weighted by molar-refractivity contribution is -0.142. The normalized spacial score (nSPS) is 15.3. The summed E-state index contributed by atoms with van der Waals surface area (Å²) in [6.45, 7) is 5.50. The van der Waals surface area contributed by atoms with Crippen LogP contribution in [-0.2, 0) is 73.6 Å². The zero-order valence-corrected chi connectivity index (χ0v) is 54.2. The van der Waals surface area contributed by atoms with Crippen LogP contribution in [0.25, 0.3) is 21.5 Å². The van der Waals surface area contributed by atoms with Crippen LogP contribution < -0.4 is 59.7 Å². The minimum absolute atomic E-state index is 0.00391. The van der Waals surface area contributed by atoms with Crippen molar-refractivity contribution >= 4 is 98.2 Å². The Hall–Kier alpha value is -10.1. The van der Waals surface area contributed by atoms with Crippen LogP contribution >= 0.6 is 11.6 Å². The number of fused-ring (bicyclic) bond motifs is 2. The Morgan fingerprint density at radius 1 is 0.537 bits per heavy atom. The Labute approximate surface area is 555 Å². The summed E-state index contributed by atoms with van der Waals surface area (Å²) in [6.07, 6.45) is 0.365. The summed E-state index contributed by atoms with van der Waals surface area (Å²) >= 11 is 6.21. The van der Waals surface area contributed by atoms with E-state index in [0.717, 1.165) is 21.5 Å². The molecule has 6 aromatic rings. The van der Waals surface area contributed by atoms with Crippen molar-refractivity contribution < 1.29 is 58.2 Å². The van der Waals surface area contributed by atoms with Crippen molar-refractivity contribution in [2.45, 2.75) is 140 Å². The lowest BCUT2D eigenvalue weighted by atomic mass is 9.98. The lowest BCUT2D eigenvalue weighted by Gasteiger charge is -2.31. The number of amides is 10. The number of rotatable bonds is 32. The molecule has 16 N–H and O–H groups in total. The first kappa shape index (κ1) is 72.3. The third-order valence-electron chi connectivity index (χ3n) is 16.2. The summed E-state index contributed by atoms with van der Waals surface area (Å²) in [5, 5.41) is 46.6. The number of aliphatic hydroxyl groups is 1. The van der Waals surface area contributed by atoms with Gasteiger partial charge in [-0.2, -0.15) is 0 Å². The summed E-state index contributed by atoms with van der Waals surface area (Å²) in [5.41, 5.74) is 18.8. The molecule has 1 aliphatic rings. The molecule has 6 aromatic carbocycles.